The van der Waals surface area contributed by atoms with Crippen molar-refractivity contribution in [3.05, 3.63) is 29.7 Å². The number of hydrogen-bond donors (Lipinski definition) is 3. The second-order valence-corrected chi connectivity index (χ2v) is 3.68. The number of H-pyrrole nitrogens is 1. The zero-order valence-corrected chi connectivity index (χ0v) is 9.08. The molecule has 0 aliphatic rings. The minimum atomic E-state index is 0.186. The Kier molecular flexibility index (Phi) is 2.76. The van der Waals surface area contributed by atoms with Crippen LogP contribution in [0.2, 0.25) is 0 Å². The zero-order valence-electron chi connectivity index (χ0n) is 9.08. The smallest absolute Gasteiger partial charge is 0.154 e. The molecule has 0 radical (unpaired) electrons. The highest BCUT2D eigenvalue weighted by Crippen LogP contribution is 2.24. The molecule has 2 rings (SSSR count). The van der Waals surface area contributed by atoms with Gasteiger partial charge in [0.25, 0.3) is 0 Å². The van der Waals surface area contributed by atoms with Crippen molar-refractivity contribution in [1.29, 1.82) is 5.41 Å². The van der Waals surface area contributed by atoms with Crippen LogP contribution in [0.3, 0.4) is 0 Å². The van der Waals surface area contributed by atoms with Crippen LogP contribution >= 0.6 is 0 Å². The van der Waals surface area contributed by atoms with Gasteiger partial charge in [-0.05, 0) is 25.5 Å². The molecule has 2 aromatic heterocycles. The number of aryl methyl sites for hydroxylation is 1. The molecule has 84 valence electrons. The molecular formula is C11H14N4O. The van der Waals surface area contributed by atoms with E-state index in [1.54, 1.807) is 6.26 Å². The lowest BCUT2D eigenvalue weighted by Gasteiger charge is -2.01. The van der Waals surface area contributed by atoms with Crippen LogP contribution in [-0.2, 0) is 6.42 Å². The molecule has 0 aliphatic carbocycles. The number of nitrogens with zero attached hydrogens (tertiary/aromatic N) is 1. The molecule has 0 saturated carbocycles. The van der Waals surface area contributed by atoms with Gasteiger partial charge in [0.2, 0.25) is 0 Å². The Morgan fingerprint density at radius 1 is 1.62 bits per heavy atom. The summed E-state index contributed by atoms with van der Waals surface area (Å²) in [5.41, 5.74) is 8.22. The first kappa shape index (κ1) is 10.5. The molecule has 4 N–H and O–H groups in total. The number of furan rings is 1. The van der Waals surface area contributed by atoms with Crippen LogP contribution in [-0.4, -0.2) is 16.0 Å². The molecule has 0 aromatic carbocycles. The van der Waals surface area contributed by atoms with Gasteiger partial charge in [0.15, 0.2) is 5.76 Å². The van der Waals surface area contributed by atoms with Crippen LogP contribution in [0.25, 0.3) is 11.5 Å². The molecule has 5 nitrogen and oxygen atoms in total. The van der Waals surface area contributed by atoms with Gasteiger partial charge in [-0.25, -0.2) is 0 Å². The first-order chi connectivity index (χ1) is 7.68. The molecule has 16 heavy (non-hydrogen) atoms. The summed E-state index contributed by atoms with van der Waals surface area (Å²) in [6.45, 7) is 1.95. The third-order valence-corrected chi connectivity index (χ3v) is 2.47. The van der Waals surface area contributed by atoms with E-state index in [9.17, 15) is 0 Å². The Balaban J connectivity index is 2.29. The Hall–Kier alpha value is -2.04. The van der Waals surface area contributed by atoms with Crippen LogP contribution in [0.15, 0.2) is 22.8 Å². The maximum Gasteiger partial charge on any atom is 0.154 e. The number of rotatable bonds is 4. The van der Waals surface area contributed by atoms with Gasteiger partial charge in [0.05, 0.1) is 12.1 Å². The Labute approximate surface area is 93.2 Å². The summed E-state index contributed by atoms with van der Waals surface area (Å²) in [7, 11) is 0. The largest absolute Gasteiger partial charge is 0.463 e. The summed E-state index contributed by atoms with van der Waals surface area (Å²) in [5, 5.41) is 14.4. The van der Waals surface area contributed by atoms with E-state index in [2.05, 4.69) is 10.2 Å². The average molecular weight is 218 g/mol. The maximum atomic E-state index is 7.24. The summed E-state index contributed by atoms with van der Waals surface area (Å²) < 4.78 is 5.31. The van der Waals surface area contributed by atoms with Crippen molar-refractivity contribution in [3.8, 4) is 11.5 Å². The number of nitrogens with two attached hydrogens (primary N) is 1. The van der Waals surface area contributed by atoms with Crippen molar-refractivity contribution in [2.24, 2.45) is 5.73 Å². The normalized spacial score (nSPS) is 10.6. The minimum Gasteiger partial charge on any atom is -0.463 e. The van der Waals surface area contributed by atoms with E-state index in [0.717, 1.165) is 22.7 Å². The SMILES string of the molecule is Cc1[nH]nc(-c2ccco2)c1CCC(=N)N. The van der Waals surface area contributed by atoms with Gasteiger partial charge in [-0.1, -0.05) is 0 Å². The fraction of sp³-hybridized carbons (Fsp3) is 0.273. The lowest BCUT2D eigenvalue weighted by atomic mass is 10.1. The van der Waals surface area contributed by atoms with Gasteiger partial charge >= 0.3 is 0 Å². The van der Waals surface area contributed by atoms with Gasteiger partial charge in [-0.3, -0.25) is 10.5 Å². The first-order valence-corrected chi connectivity index (χ1v) is 5.09. The van der Waals surface area contributed by atoms with Crippen LogP contribution in [0.1, 0.15) is 17.7 Å². The molecule has 0 spiro atoms. The maximum absolute atomic E-state index is 7.24. The second kappa shape index (κ2) is 4.22. The molecule has 0 bridgehead atoms. The molecule has 5 heteroatoms. The van der Waals surface area contributed by atoms with Crippen LogP contribution in [0, 0.1) is 12.3 Å². The van der Waals surface area contributed by atoms with Crippen LogP contribution < -0.4 is 5.73 Å². The van der Waals surface area contributed by atoms with E-state index in [1.807, 2.05) is 19.1 Å². The number of hydrogen-bond acceptors (Lipinski definition) is 3. The van der Waals surface area contributed by atoms with Gasteiger partial charge in [-0.2, -0.15) is 5.10 Å². The number of aromatic nitrogens is 2. The van der Waals surface area contributed by atoms with E-state index in [0.29, 0.717) is 12.8 Å². The molecular weight excluding hydrogens is 204 g/mol. The van der Waals surface area contributed by atoms with Crippen molar-refractivity contribution in [2.75, 3.05) is 0 Å². The third-order valence-electron chi connectivity index (χ3n) is 2.47. The number of amidine groups is 1. The Bertz CT molecular complexity index is 484. The van der Waals surface area contributed by atoms with Crippen LogP contribution in [0.5, 0.6) is 0 Å². The topological polar surface area (TPSA) is 91.7 Å². The summed E-state index contributed by atoms with van der Waals surface area (Å²) in [4.78, 5) is 0. The zero-order chi connectivity index (χ0) is 11.5. The third kappa shape index (κ3) is 1.98. The summed E-state index contributed by atoms with van der Waals surface area (Å²) in [5.74, 6) is 0.925. The highest BCUT2D eigenvalue weighted by atomic mass is 16.3. The second-order valence-electron chi connectivity index (χ2n) is 3.68. The predicted molar refractivity (Wildman–Crippen MR) is 61.3 cm³/mol. The van der Waals surface area contributed by atoms with Gasteiger partial charge in [-0.15, -0.1) is 0 Å². The lowest BCUT2D eigenvalue weighted by molar-refractivity contribution is 0.579. The van der Waals surface area contributed by atoms with Crippen molar-refractivity contribution in [1.82, 2.24) is 10.2 Å². The molecule has 0 unspecified atom stereocenters. The quantitative estimate of drug-likeness (QED) is 0.540. The highest BCUT2D eigenvalue weighted by molar-refractivity contribution is 5.77. The van der Waals surface area contributed by atoms with Crippen molar-refractivity contribution in [3.63, 3.8) is 0 Å². The number of nitrogens with one attached hydrogen (secondary N) is 2. The van der Waals surface area contributed by atoms with Crippen LogP contribution in [0.4, 0.5) is 0 Å². The molecule has 0 saturated heterocycles. The lowest BCUT2D eigenvalue weighted by Crippen LogP contribution is -2.10. The molecule has 0 atom stereocenters. The summed E-state index contributed by atoms with van der Waals surface area (Å²) in [6.07, 6.45) is 2.86. The van der Waals surface area contributed by atoms with Crippen molar-refractivity contribution in [2.45, 2.75) is 19.8 Å². The molecule has 2 heterocycles. The fourth-order valence-electron chi connectivity index (χ4n) is 1.63. The molecule has 0 fully saturated rings. The molecule has 0 amide bonds. The standard InChI is InChI=1S/C11H14N4O/c1-7-8(4-5-10(12)13)11(15-14-7)9-3-2-6-16-9/h2-3,6H,4-5H2,1H3,(H3,12,13)(H,14,15). The first-order valence-electron chi connectivity index (χ1n) is 5.09. The molecule has 2 aromatic rings. The van der Waals surface area contributed by atoms with Gasteiger partial charge < -0.3 is 10.2 Å². The average Bonchev–Trinajstić information content (AvgIpc) is 2.83. The van der Waals surface area contributed by atoms with Crippen molar-refractivity contribution < 1.29 is 4.42 Å². The van der Waals surface area contributed by atoms with E-state index in [4.69, 9.17) is 15.6 Å². The Morgan fingerprint density at radius 2 is 2.44 bits per heavy atom. The van der Waals surface area contributed by atoms with E-state index >= 15 is 0 Å². The Morgan fingerprint density at radius 3 is 3.06 bits per heavy atom. The molecule has 0 aliphatic heterocycles. The van der Waals surface area contributed by atoms with E-state index in [-0.39, 0.29) is 5.84 Å². The van der Waals surface area contributed by atoms with E-state index < -0.39 is 0 Å². The minimum absolute atomic E-state index is 0.186. The number of aromatic amines is 1. The fourth-order valence-corrected chi connectivity index (χ4v) is 1.63. The predicted octanol–water partition coefficient (Wildman–Crippen LogP) is 1.85. The van der Waals surface area contributed by atoms with Gasteiger partial charge in [0, 0.05) is 17.7 Å². The van der Waals surface area contributed by atoms with E-state index in [1.165, 1.54) is 0 Å². The monoisotopic (exact) mass is 218 g/mol. The van der Waals surface area contributed by atoms with Crippen molar-refractivity contribution >= 4 is 5.84 Å². The summed E-state index contributed by atoms with van der Waals surface area (Å²) in [6, 6.07) is 3.70. The highest BCUT2D eigenvalue weighted by Gasteiger charge is 2.14. The summed E-state index contributed by atoms with van der Waals surface area (Å²) >= 11 is 0. The van der Waals surface area contributed by atoms with Gasteiger partial charge in [0.1, 0.15) is 5.69 Å².